The standard InChI is InChI=1S/C6H12O9/c7-1-5(12,13)2(8)3(9)6(14,15)4(10)11/h2-3,7-9,12-15H,1H2,(H,10,11). The third-order valence-electron chi connectivity index (χ3n) is 1.73. The molecule has 15 heavy (non-hydrogen) atoms. The highest BCUT2D eigenvalue weighted by Gasteiger charge is 2.51. The molecule has 0 saturated heterocycles. The summed E-state index contributed by atoms with van der Waals surface area (Å²) in [6.07, 6.45) is -5.51. The number of aliphatic carboxylic acids is 1. The molecule has 2 unspecified atom stereocenters. The van der Waals surface area contributed by atoms with Crippen molar-refractivity contribution in [1.29, 1.82) is 0 Å². The van der Waals surface area contributed by atoms with E-state index in [0.29, 0.717) is 0 Å². The quantitative estimate of drug-likeness (QED) is 0.214. The first-order chi connectivity index (χ1) is 6.57. The summed E-state index contributed by atoms with van der Waals surface area (Å²) in [5.74, 6) is -9.33. The molecule has 90 valence electrons. The van der Waals surface area contributed by atoms with Crippen molar-refractivity contribution in [2.75, 3.05) is 6.61 Å². The smallest absolute Gasteiger partial charge is 0.367 e. The molecule has 0 spiro atoms. The Morgan fingerprint density at radius 1 is 1.07 bits per heavy atom. The molecule has 0 amide bonds. The normalized spacial score (nSPS) is 17.3. The van der Waals surface area contributed by atoms with Crippen LogP contribution in [0.1, 0.15) is 0 Å². The van der Waals surface area contributed by atoms with Crippen LogP contribution in [0.3, 0.4) is 0 Å². The molecule has 9 heteroatoms. The number of carbonyl (C=O) groups is 1. The summed E-state index contributed by atoms with van der Waals surface area (Å²) in [6.45, 7) is -1.44. The number of aliphatic hydroxyl groups excluding tert-OH is 3. The molecular formula is C6H12O9. The van der Waals surface area contributed by atoms with Crippen LogP contribution in [0.25, 0.3) is 0 Å². The second-order valence-electron chi connectivity index (χ2n) is 2.96. The van der Waals surface area contributed by atoms with Crippen molar-refractivity contribution >= 4 is 5.97 Å². The van der Waals surface area contributed by atoms with Crippen molar-refractivity contribution in [2.24, 2.45) is 0 Å². The maximum atomic E-state index is 10.2. The Labute approximate surface area is 83.1 Å². The van der Waals surface area contributed by atoms with Crippen LogP contribution in [0.4, 0.5) is 0 Å². The molecule has 0 heterocycles. The Bertz CT molecular complexity index is 235. The number of carboxylic acids is 1. The van der Waals surface area contributed by atoms with Gasteiger partial charge in [-0.1, -0.05) is 0 Å². The number of rotatable bonds is 5. The van der Waals surface area contributed by atoms with Crippen LogP contribution in [0.2, 0.25) is 0 Å². The highest BCUT2D eigenvalue weighted by Crippen LogP contribution is 2.18. The van der Waals surface area contributed by atoms with Crippen molar-refractivity contribution in [3.05, 3.63) is 0 Å². The maximum Gasteiger partial charge on any atom is 0.367 e. The summed E-state index contributed by atoms with van der Waals surface area (Å²) in [5.41, 5.74) is 0. The molecular weight excluding hydrogens is 216 g/mol. The highest BCUT2D eigenvalue weighted by molar-refractivity contribution is 5.75. The molecule has 0 aromatic heterocycles. The van der Waals surface area contributed by atoms with Crippen LogP contribution >= 0.6 is 0 Å². The van der Waals surface area contributed by atoms with Crippen molar-refractivity contribution in [3.63, 3.8) is 0 Å². The van der Waals surface area contributed by atoms with Gasteiger partial charge >= 0.3 is 5.97 Å². The lowest BCUT2D eigenvalue weighted by atomic mass is 9.98. The van der Waals surface area contributed by atoms with Gasteiger partial charge in [-0.2, -0.15) is 0 Å². The lowest BCUT2D eigenvalue weighted by Gasteiger charge is -2.33. The number of hydrogen-bond donors (Lipinski definition) is 8. The Morgan fingerprint density at radius 3 is 1.73 bits per heavy atom. The fraction of sp³-hybridized carbons (Fsp3) is 0.833. The second kappa shape index (κ2) is 4.37. The predicted octanol–water partition coefficient (Wildman–Crippen LogP) is -4.85. The Hall–Kier alpha value is -0.810. The van der Waals surface area contributed by atoms with Gasteiger partial charge in [0.2, 0.25) is 5.79 Å². The van der Waals surface area contributed by atoms with Crippen LogP contribution in [-0.2, 0) is 4.79 Å². The molecule has 0 aromatic rings. The average Bonchev–Trinajstić information content (AvgIpc) is 2.15. The Morgan fingerprint density at radius 2 is 1.47 bits per heavy atom. The van der Waals surface area contributed by atoms with Gasteiger partial charge in [-0.25, -0.2) is 4.79 Å². The first-order valence-electron chi connectivity index (χ1n) is 3.67. The monoisotopic (exact) mass is 228 g/mol. The van der Waals surface area contributed by atoms with Crippen molar-refractivity contribution in [1.82, 2.24) is 0 Å². The van der Waals surface area contributed by atoms with Gasteiger partial charge in [0.25, 0.3) is 5.79 Å². The molecule has 9 nitrogen and oxygen atoms in total. The third-order valence-corrected chi connectivity index (χ3v) is 1.73. The van der Waals surface area contributed by atoms with Crippen LogP contribution in [0, 0.1) is 0 Å². The summed E-state index contributed by atoms with van der Waals surface area (Å²) < 4.78 is 0. The van der Waals surface area contributed by atoms with Gasteiger partial charge in [0.05, 0.1) is 6.61 Å². The van der Waals surface area contributed by atoms with Gasteiger partial charge in [-0.05, 0) is 0 Å². The summed E-state index contributed by atoms with van der Waals surface area (Å²) in [6, 6.07) is 0. The van der Waals surface area contributed by atoms with Crippen LogP contribution in [0.5, 0.6) is 0 Å². The summed E-state index contributed by atoms with van der Waals surface area (Å²) >= 11 is 0. The van der Waals surface area contributed by atoms with E-state index in [4.69, 9.17) is 40.9 Å². The van der Waals surface area contributed by atoms with Gasteiger partial charge in [0, 0.05) is 0 Å². The highest BCUT2D eigenvalue weighted by atomic mass is 16.6. The summed E-state index contributed by atoms with van der Waals surface area (Å²) in [7, 11) is 0. The molecule has 0 bridgehead atoms. The molecule has 0 aliphatic rings. The van der Waals surface area contributed by atoms with Crippen LogP contribution in [0.15, 0.2) is 0 Å². The largest absolute Gasteiger partial charge is 0.477 e. The molecule has 0 radical (unpaired) electrons. The first kappa shape index (κ1) is 14.2. The average molecular weight is 228 g/mol. The van der Waals surface area contributed by atoms with E-state index in [-0.39, 0.29) is 0 Å². The maximum absolute atomic E-state index is 10.2. The molecule has 0 aliphatic heterocycles. The topological polar surface area (TPSA) is 179 Å². The third kappa shape index (κ3) is 2.82. The van der Waals surface area contributed by atoms with Gasteiger partial charge < -0.3 is 40.9 Å². The fourth-order valence-corrected chi connectivity index (χ4v) is 0.693. The summed E-state index contributed by atoms with van der Waals surface area (Å²) in [4.78, 5) is 10.2. The molecule has 0 aliphatic carbocycles. The predicted molar refractivity (Wildman–Crippen MR) is 41.1 cm³/mol. The minimum absolute atomic E-state index is 1.44. The number of hydrogen-bond acceptors (Lipinski definition) is 8. The SMILES string of the molecule is O=C(O)C(O)(O)C(O)C(O)C(O)(O)CO. The van der Waals surface area contributed by atoms with Crippen LogP contribution in [-0.4, -0.2) is 77.2 Å². The molecule has 0 saturated carbocycles. The zero-order valence-electron chi connectivity index (χ0n) is 7.35. The van der Waals surface area contributed by atoms with Gasteiger partial charge in [-0.3, -0.25) is 0 Å². The Kier molecular flexibility index (Phi) is 4.13. The summed E-state index contributed by atoms with van der Waals surface area (Å²) in [5, 5.41) is 69.4. The van der Waals surface area contributed by atoms with Crippen molar-refractivity contribution in [2.45, 2.75) is 23.8 Å². The zero-order chi connectivity index (χ0) is 12.4. The Balaban J connectivity index is 4.86. The van der Waals surface area contributed by atoms with Gasteiger partial charge in [0.15, 0.2) is 6.10 Å². The van der Waals surface area contributed by atoms with E-state index in [9.17, 15) is 4.79 Å². The van der Waals surface area contributed by atoms with E-state index in [1.54, 1.807) is 0 Å². The molecule has 8 N–H and O–H groups in total. The minimum atomic E-state index is -3.77. The van der Waals surface area contributed by atoms with Gasteiger partial charge in [-0.15, -0.1) is 0 Å². The van der Waals surface area contributed by atoms with E-state index in [2.05, 4.69) is 0 Å². The van der Waals surface area contributed by atoms with Crippen molar-refractivity contribution in [3.8, 4) is 0 Å². The molecule has 0 fully saturated rings. The first-order valence-corrected chi connectivity index (χ1v) is 3.67. The van der Waals surface area contributed by atoms with E-state index < -0.39 is 36.4 Å². The second-order valence-corrected chi connectivity index (χ2v) is 2.96. The van der Waals surface area contributed by atoms with Gasteiger partial charge in [0.1, 0.15) is 6.10 Å². The van der Waals surface area contributed by atoms with E-state index in [0.717, 1.165) is 0 Å². The zero-order valence-corrected chi connectivity index (χ0v) is 7.35. The minimum Gasteiger partial charge on any atom is -0.477 e. The molecule has 0 rings (SSSR count). The fourth-order valence-electron chi connectivity index (χ4n) is 0.693. The van der Waals surface area contributed by atoms with Crippen LogP contribution < -0.4 is 0 Å². The van der Waals surface area contributed by atoms with E-state index >= 15 is 0 Å². The molecule has 0 aromatic carbocycles. The lowest BCUT2D eigenvalue weighted by molar-refractivity contribution is -0.308. The van der Waals surface area contributed by atoms with Crippen molar-refractivity contribution < 1.29 is 45.6 Å². The van der Waals surface area contributed by atoms with E-state index in [1.807, 2.05) is 0 Å². The lowest BCUT2D eigenvalue weighted by Crippen LogP contribution is -2.62. The molecule has 2 atom stereocenters. The number of carboxylic acid groups (broad SMARTS) is 1. The van der Waals surface area contributed by atoms with E-state index in [1.165, 1.54) is 0 Å². The number of aliphatic hydroxyl groups is 7.